The molecule has 0 aliphatic carbocycles. The molecule has 2 heterocycles. The van der Waals surface area contributed by atoms with Crippen LogP contribution in [0.15, 0.2) is 29.2 Å². The molecule has 0 bridgehead atoms. The zero-order valence-corrected chi connectivity index (χ0v) is 11.1. The second-order valence-corrected chi connectivity index (χ2v) is 6.29. The summed E-state index contributed by atoms with van der Waals surface area (Å²) in [6, 6.07) is 9.26. The molecule has 2 aliphatic heterocycles. The molecule has 0 unspecified atom stereocenters. The topological polar surface area (TPSA) is 21.3 Å². The van der Waals surface area contributed by atoms with Crippen LogP contribution >= 0.6 is 11.8 Å². The molecule has 0 spiro atoms. The Morgan fingerprint density at radius 2 is 2.35 bits per heavy atom. The van der Waals surface area contributed by atoms with Gasteiger partial charge in [-0.25, -0.2) is 0 Å². The van der Waals surface area contributed by atoms with Crippen LogP contribution in [0.1, 0.15) is 31.4 Å². The number of benzene rings is 1. The molecule has 17 heavy (non-hydrogen) atoms. The molecule has 1 aromatic rings. The maximum Gasteiger partial charge on any atom is 0.0635 e. The minimum absolute atomic E-state index is 0.234. The van der Waals surface area contributed by atoms with Gasteiger partial charge in [-0.2, -0.15) is 0 Å². The fourth-order valence-electron chi connectivity index (χ4n) is 2.96. The molecule has 0 amide bonds. The minimum atomic E-state index is 0.234. The number of ether oxygens (including phenoxy) is 1. The van der Waals surface area contributed by atoms with Crippen LogP contribution in [-0.4, -0.2) is 24.5 Å². The smallest absolute Gasteiger partial charge is 0.0635 e. The van der Waals surface area contributed by atoms with Crippen LogP contribution in [0.4, 0.5) is 0 Å². The van der Waals surface area contributed by atoms with Crippen LogP contribution in [-0.2, 0) is 4.74 Å². The quantitative estimate of drug-likeness (QED) is 0.890. The van der Waals surface area contributed by atoms with E-state index in [0.717, 1.165) is 19.8 Å². The molecule has 0 aromatic heterocycles. The summed E-state index contributed by atoms with van der Waals surface area (Å²) in [6.07, 6.45) is 2.51. The lowest BCUT2D eigenvalue weighted by atomic mass is 9.86. The van der Waals surface area contributed by atoms with Gasteiger partial charge in [0.2, 0.25) is 0 Å². The molecule has 0 radical (unpaired) electrons. The predicted molar refractivity (Wildman–Crippen MR) is 71.5 cm³/mol. The SMILES string of the molecule is CCOC[C@]12CCCN[C@H]1c1ccccc1S2. The Labute approximate surface area is 107 Å². The summed E-state index contributed by atoms with van der Waals surface area (Å²) in [5.41, 5.74) is 1.47. The molecule has 1 aromatic carbocycles. The standard InChI is InChI=1S/C14H19NOS/c1-2-16-10-14-8-5-9-15-13(14)11-6-3-4-7-12(11)17-14/h3-4,6-7,13,15H,2,5,8-10H2,1H3/t13-,14+/m0/s1. The van der Waals surface area contributed by atoms with Gasteiger partial charge in [0.1, 0.15) is 0 Å². The number of nitrogens with one attached hydrogen (secondary N) is 1. The van der Waals surface area contributed by atoms with Crippen molar-refractivity contribution < 1.29 is 4.74 Å². The Balaban J connectivity index is 1.93. The van der Waals surface area contributed by atoms with Crippen molar-refractivity contribution in [2.24, 2.45) is 0 Å². The van der Waals surface area contributed by atoms with Crippen molar-refractivity contribution >= 4 is 11.8 Å². The van der Waals surface area contributed by atoms with Crippen molar-refractivity contribution in [1.82, 2.24) is 5.32 Å². The van der Waals surface area contributed by atoms with Gasteiger partial charge in [-0.3, -0.25) is 0 Å². The van der Waals surface area contributed by atoms with E-state index < -0.39 is 0 Å². The van der Waals surface area contributed by atoms with Crippen LogP contribution in [0.3, 0.4) is 0 Å². The highest BCUT2D eigenvalue weighted by Gasteiger charge is 2.48. The summed E-state index contributed by atoms with van der Waals surface area (Å²) >= 11 is 2.02. The average Bonchev–Trinajstić information content (AvgIpc) is 2.71. The normalized spacial score (nSPS) is 31.0. The van der Waals surface area contributed by atoms with Crippen molar-refractivity contribution in [3.05, 3.63) is 29.8 Å². The van der Waals surface area contributed by atoms with Gasteiger partial charge in [0.25, 0.3) is 0 Å². The Bertz CT molecular complexity index is 409. The van der Waals surface area contributed by atoms with Crippen molar-refractivity contribution in [2.75, 3.05) is 19.8 Å². The summed E-state index contributed by atoms with van der Waals surface area (Å²) < 4.78 is 5.98. The first-order valence-corrected chi connectivity index (χ1v) is 7.26. The molecule has 2 atom stereocenters. The molecule has 2 aliphatic rings. The van der Waals surface area contributed by atoms with E-state index in [2.05, 4.69) is 36.5 Å². The zero-order chi connectivity index (χ0) is 11.7. The summed E-state index contributed by atoms with van der Waals surface area (Å²) in [7, 11) is 0. The fourth-order valence-corrected chi connectivity index (χ4v) is 4.56. The van der Waals surface area contributed by atoms with Gasteiger partial charge < -0.3 is 10.1 Å². The van der Waals surface area contributed by atoms with Crippen LogP contribution in [0.25, 0.3) is 0 Å². The van der Waals surface area contributed by atoms with Gasteiger partial charge in [-0.1, -0.05) is 18.2 Å². The van der Waals surface area contributed by atoms with Gasteiger partial charge in [0.15, 0.2) is 0 Å². The first-order valence-electron chi connectivity index (χ1n) is 6.45. The van der Waals surface area contributed by atoms with Gasteiger partial charge in [-0.05, 0) is 37.9 Å². The third-order valence-corrected chi connectivity index (χ3v) is 5.30. The molecule has 0 saturated carbocycles. The zero-order valence-electron chi connectivity index (χ0n) is 10.2. The third-order valence-electron chi connectivity index (χ3n) is 3.75. The molecule has 2 nitrogen and oxygen atoms in total. The molecule has 3 heteroatoms. The number of piperidine rings is 1. The number of hydrogen-bond acceptors (Lipinski definition) is 3. The Morgan fingerprint density at radius 1 is 1.47 bits per heavy atom. The number of rotatable bonds is 3. The first-order chi connectivity index (χ1) is 8.36. The van der Waals surface area contributed by atoms with E-state index in [-0.39, 0.29) is 4.75 Å². The number of thioether (sulfide) groups is 1. The summed E-state index contributed by atoms with van der Waals surface area (Å²) in [5, 5.41) is 3.69. The first kappa shape index (κ1) is 11.6. The molecule has 1 saturated heterocycles. The predicted octanol–water partition coefficient (Wildman–Crippen LogP) is 2.99. The second kappa shape index (κ2) is 4.63. The molecular weight excluding hydrogens is 230 g/mol. The molecule has 3 rings (SSSR count). The van der Waals surface area contributed by atoms with Crippen LogP contribution in [0.2, 0.25) is 0 Å². The van der Waals surface area contributed by atoms with Crippen molar-refractivity contribution in [2.45, 2.75) is 35.4 Å². The lowest BCUT2D eigenvalue weighted by Gasteiger charge is -2.39. The van der Waals surface area contributed by atoms with Gasteiger partial charge >= 0.3 is 0 Å². The molecule has 92 valence electrons. The minimum Gasteiger partial charge on any atom is -0.380 e. The van der Waals surface area contributed by atoms with E-state index in [4.69, 9.17) is 4.74 Å². The lowest BCUT2D eigenvalue weighted by molar-refractivity contribution is 0.0990. The Kier molecular flexibility index (Phi) is 3.16. The van der Waals surface area contributed by atoms with Crippen molar-refractivity contribution in [3.8, 4) is 0 Å². The number of fused-ring (bicyclic) bond motifs is 3. The van der Waals surface area contributed by atoms with Gasteiger partial charge in [0, 0.05) is 11.5 Å². The van der Waals surface area contributed by atoms with E-state index in [9.17, 15) is 0 Å². The van der Waals surface area contributed by atoms with E-state index >= 15 is 0 Å². The molecule has 1 fully saturated rings. The van der Waals surface area contributed by atoms with E-state index in [1.165, 1.54) is 23.3 Å². The summed E-state index contributed by atoms with van der Waals surface area (Å²) in [5.74, 6) is 0. The third kappa shape index (κ3) is 1.90. The van der Waals surface area contributed by atoms with E-state index in [1.54, 1.807) is 0 Å². The molecule has 1 N–H and O–H groups in total. The van der Waals surface area contributed by atoms with Gasteiger partial charge in [0.05, 0.1) is 17.4 Å². The lowest BCUT2D eigenvalue weighted by Crippen LogP contribution is -2.46. The summed E-state index contributed by atoms with van der Waals surface area (Å²) in [4.78, 5) is 1.44. The fraction of sp³-hybridized carbons (Fsp3) is 0.571. The molecular formula is C14H19NOS. The van der Waals surface area contributed by atoms with E-state index in [0.29, 0.717) is 6.04 Å². The van der Waals surface area contributed by atoms with Crippen LogP contribution in [0, 0.1) is 0 Å². The highest BCUT2D eigenvalue weighted by atomic mass is 32.2. The summed E-state index contributed by atoms with van der Waals surface area (Å²) in [6.45, 7) is 4.88. The average molecular weight is 249 g/mol. The van der Waals surface area contributed by atoms with Crippen molar-refractivity contribution in [1.29, 1.82) is 0 Å². The maximum absolute atomic E-state index is 5.75. The van der Waals surface area contributed by atoms with Crippen LogP contribution < -0.4 is 5.32 Å². The van der Waals surface area contributed by atoms with Crippen LogP contribution in [0.5, 0.6) is 0 Å². The largest absolute Gasteiger partial charge is 0.380 e. The second-order valence-electron chi connectivity index (χ2n) is 4.83. The van der Waals surface area contributed by atoms with E-state index in [1.807, 2.05) is 11.8 Å². The maximum atomic E-state index is 5.75. The Hall–Kier alpha value is -0.510. The Morgan fingerprint density at radius 3 is 3.24 bits per heavy atom. The monoisotopic (exact) mass is 249 g/mol. The highest BCUT2D eigenvalue weighted by Crippen LogP contribution is 2.55. The highest BCUT2D eigenvalue weighted by molar-refractivity contribution is 8.01. The number of hydrogen-bond donors (Lipinski definition) is 1. The van der Waals surface area contributed by atoms with Gasteiger partial charge in [-0.15, -0.1) is 11.8 Å². The van der Waals surface area contributed by atoms with Crippen molar-refractivity contribution in [3.63, 3.8) is 0 Å².